The summed E-state index contributed by atoms with van der Waals surface area (Å²) in [6.07, 6.45) is 0. The first kappa shape index (κ1) is 63.6. The average Bonchev–Trinajstić information content (AvgIpc) is 0. The fourth-order valence-electron chi connectivity index (χ4n) is 0. The van der Waals surface area contributed by atoms with Crippen molar-refractivity contribution < 1.29 is 20.4 Å². The zero-order valence-electron chi connectivity index (χ0n) is 1.71. The summed E-state index contributed by atoms with van der Waals surface area (Å²) in [5.74, 6) is 0. The maximum absolute atomic E-state index is 0. The Morgan fingerprint density at radius 2 is 0.750 bits per heavy atom. The molecule has 0 spiro atoms. The van der Waals surface area contributed by atoms with Crippen molar-refractivity contribution in [1.29, 1.82) is 0 Å². The maximum atomic E-state index is 0. The molecule has 0 radical (unpaired) electrons. The molecule has 1 nitrogen and oxygen atoms in total. The first-order valence-electron chi connectivity index (χ1n) is 0. The van der Waals surface area contributed by atoms with Gasteiger partial charge in [-0.2, -0.15) is 0 Å². The SMILES string of the molecule is Cl.Cl.[NH2-].[Pd]. The van der Waals surface area contributed by atoms with E-state index in [2.05, 4.69) is 0 Å². The van der Waals surface area contributed by atoms with Crippen LogP contribution in [-0.4, -0.2) is 0 Å². The van der Waals surface area contributed by atoms with Crippen LogP contribution >= 0.6 is 24.8 Å². The van der Waals surface area contributed by atoms with Gasteiger partial charge in [-0.05, 0) is 0 Å². The Labute approximate surface area is 51.6 Å². The summed E-state index contributed by atoms with van der Waals surface area (Å²) in [6, 6.07) is 0. The fraction of sp³-hybridized carbons (Fsp3) is 0. The Morgan fingerprint density at radius 3 is 0.750 bits per heavy atom. The number of rotatable bonds is 0. The molecular weight excluding hydrogens is 191 g/mol. The third kappa shape index (κ3) is 10.7. The maximum Gasteiger partial charge on any atom is 0 e. The van der Waals surface area contributed by atoms with Gasteiger partial charge in [0.05, 0.1) is 0 Å². The minimum absolute atomic E-state index is 0. The smallest absolute Gasteiger partial charge is 0 e. The van der Waals surface area contributed by atoms with Gasteiger partial charge in [-0.15, -0.1) is 24.8 Å². The Bertz CT molecular complexity index is 6.00. The molecule has 4 heavy (non-hydrogen) atoms. The van der Waals surface area contributed by atoms with E-state index in [0.29, 0.717) is 0 Å². The summed E-state index contributed by atoms with van der Waals surface area (Å²) in [5.41, 5.74) is 0. The molecule has 0 aromatic rings. The van der Waals surface area contributed by atoms with Gasteiger partial charge in [-0.3, -0.25) is 0 Å². The molecule has 0 amide bonds. The third-order valence-electron chi connectivity index (χ3n) is 0. The minimum atomic E-state index is 0. The van der Waals surface area contributed by atoms with Gasteiger partial charge < -0.3 is 6.15 Å². The first-order valence-corrected chi connectivity index (χ1v) is 0. The van der Waals surface area contributed by atoms with Crippen LogP contribution in [-0.2, 0) is 20.4 Å². The standard InChI is InChI=1S/2ClH.H2N.Pd/h2*1H;1H2;/q;;-1;. The van der Waals surface area contributed by atoms with E-state index in [1.807, 2.05) is 0 Å². The molecule has 0 aliphatic heterocycles. The zero-order valence-corrected chi connectivity index (χ0v) is 4.90. The van der Waals surface area contributed by atoms with E-state index in [1.54, 1.807) is 0 Å². The summed E-state index contributed by atoms with van der Waals surface area (Å²) in [5, 5.41) is 0. The van der Waals surface area contributed by atoms with E-state index in [1.165, 1.54) is 0 Å². The van der Waals surface area contributed by atoms with Gasteiger partial charge >= 0.3 is 0 Å². The van der Waals surface area contributed by atoms with Crippen molar-refractivity contribution >= 4 is 24.8 Å². The van der Waals surface area contributed by atoms with Crippen LogP contribution in [0.3, 0.4) is 0 Å². The van der Waals surface area contributed by atoms with Crippen LogP contribution in [0.1, 0.15) is 0 Å². The number of hydrogen-bond donors (Lipinski definition) is 0. The Balaban J connectivity index is 0. The van der Waals surface area contributed by atoms with Crippen molar-refractivity contribution in [1.82, 2.24) is 0 Å². The minimum Gasteiger partial charge on any atom is -0.693 e. The number of halogens is 2. The molecule has 0 unspecified atom stereocenters. The second-order valence-corrected chi connectivity index (χ2v) is 0. The van der Waals surface area contributed by atoms with Gasteiger partial charge in [0.25, 0.3) is 0 Å². The third-order valence-corrected chi connectivity index (χ3v) is 0. The Hall–Kier alpha value is 1.20. The summed E-state index contributed by atoms with van der Waals surface area (Å²) in [6.45, 7) is 0. The van der Waals surface area contributed by atoms with Crippen molar-refractivity contribution in [2.45, 2.75) is 0 Å². The van der Waals surface area contributed by atoms with Crippen molar-refractivity contribution in [3.05, 3.63) is 6.15 Å². The van der Waals surface area contributed by atoms with E-state index in [4.69, 9.17) is 0 Å². The molecule has 0 atom stereocenters. The molecule has 4 heteroatoms. The van der Waals surface area contributed by atoms with Gasteiger partial charge in [-0.25, -0.2) is 0 Å². The normalized spacial score (nSPS) is 0. The molecule has 0 bridgehead atoms. The second kappa shape index (κ2) is 29.8. The monoisotopic (exact) mass is 194 g/mol. The molecule has 0 fully saturated rings. The van der Waals surface area contributed by atoms with E-state index in [-0.39, 0.29) is 51.4 Å². The summed E-state index contributed by atoms with van der Waals surface area (Å²) in [4.78, 5) is 0. The molecule has 0 saturated carbocycles. The molecule has 34 valence electrons. The van der Waals surface area contributed by atoms with Gasteiger partial charge in [0.15, 0.2) is 0 Å². The predicted molar refractivity (Wildman–Crippen MR) is 19.8 cm³/mol. The topological polar surface area (TPSA) is 33.5 Å². The summed E-state index contributed by atoms with van der Waals surface area (Å²) >= 11 is 0. The Morgan fingerprint density at radius 1 is 0.750 bits per heavy atom. The van der Waals surface area contributed by atoms with Crippen LogP contribution in [0.25, 0.3) is 6.15 Å². The zero-order chi connectivity index (χ0) is 0. The molecule has 0 aromatic heterocycles. The van der Waals surface area contributed by atoms with E-state index < -0.39 is 0 Å². The van der Waals surface area contributed by atoms with Gasteiger partial charge in [0.1, 0.15) is 0 Å². The summed E-state index contributed by atoms with van der Waals surface area (Å²) < 4.78 is 0. The quantitative estimate of drug-likeness (QED) is 0.526. The van der Waals surface area contributed by atoms with E-state index in [9.17, 15) is 0 Å². The largest absolute Gasteiger partial charge is 0.693 e. The molecule has 0 aliphatic carbocycles. The molecule has 2 N–H and O–H groups in total. The van der Waals surface area contributed by atoms with Crippen molar-refractivity contribution in [2.75, 3.05) is 0 Å². The van der Waals surface area contributed by atoms with E-state index in [0.717, 1.165) is 0 Å². The van der Waals surface area contributed by atoms with Crippen LogP contribution in [0.2, 0.25) is 0 Å². The first-order chi connectivity index (χ1) is 0. The molecule has 0 aliphatic rings. The molecule has 0 rings (SSSR count). The average molecular weight is 195 g/mol. The van der Waals surface area contributed by atoms with Gasteiger partial charge in [0, 0.05) is 20.4 Å². The second-order valence-electron chi connectivity index (χ2n) is 0. The number of nitrogens with two attached hydrogens (primary N) is 1. The van der Waals surface area contributed by atoms with Crippen LogP contribution in [0.4, 0.5) is 0 Å². The van der Waals surface area contributed by atoms with E-state index >= 15 is 0 Å². The van der Waals surface area contributed by atoms with Crippen molar-refractivity contribution in [3.8, 4) is 0 Å². The molecular formula is H4Cl2NPd-. The molecule has 0 aromatic carbocycles. The van der Waals surface area contributed by atoms with Crippen molar-refractivity contribution in [2.24, 2.45) is 0 Å². The fourth-order valence-corrected chi connectivity index (χ4v) is 0. The van der Waals surface area contributed by atoms with Crippen molar-refractivity contribution in [3.63, 3.8) is 0 Å². The molecule has 0 saturated heterocycles. The Kier molecular flexibility index (Phi) is 474. The van der Waals surface area contributed by atoms with Gasteiger partial charge in [0.2, 0.25) is 0 Å². The van der Waals surface area contributed by atoms with Crippen LogP contribution in [0, 0.1) is 0 Å². The van der Waals surface area contributed by atoms with Crippen LogP contribution in [0.5, 0.6) is 0 Å². The predicted octanol–water partition coefficient (Wildman–Crippen LogP) is 1.56. The summed E-state index contributed by atoms with van der Waals surface area (Å²) in [7, 11) is 0. The van der Waals surface area contributed by atoms with Crippen LogP contribution in [0.15, 0.2) is 0 Å². The number of hydrogen-bond acceptors (Lipinski definition) is 0. The van der Waals surface area contributed by atoms with Crippen LogP contribution < -0.4 is 0 Å². The molecule has 0 heterocycles. The van der Waals surface area contributed by atoms with Gasteiger partial charge in [-0.1, -0.05) is 0 Å².